The van der Waals surface area contributed by atoms with Gasteiger partial charge in [-0.15, -0.1) is 6.58 Å². The van der Waals surface area contributed by atoms with Gasteiger partial charge in [0.05, 0.1) is 0 Å². The Labute approximate surface area is 57.2 Å². The number of hydrogen-bond donors (Lipinski definition) is 0. The zero-order chi connectivity index (χ0) is 6.41. The molecule has 8 heavy (non-hydrogen) atoms. The van der Waals surface area contributed by atoms with E-state index in [2.05, 4.69) is 13.1 Å². The van der Waals surface area contributed by atoms with Crippen molar-refractivity contribution in [1.29, 1.82) is 0 Å². The van der Waals surface area contributed by atoms with Crippen molar-refractivity contribution < 1.29 is 8.23 Å². The van der Waals surface area contributed by atoms with Crippen LogP contribution in [0, 0.1) is 0 Å². The Balaban J connectivity index is 2.98. The van der Waals surface area contributed by atoms with E-state index in [0.29, 0.717) is 0 Å². The molecule has 0 N–H and O–H groups in total. The summed E-state index contributed by atoms with van der Waals surface area (Å²) >= 11 is 0. The van der Waals surface area contributed by atoms with Crippen LogP contribution in [0.3, 0.4) is 0 Å². The minimum Gasteiger partial charge on any atom is -0.449 e. The SMILES string of the molecule is C=C[SiH](C)O[SiH2]O[SiH3]. The normalized spacial score (nSPS) is 15.1. The predicted molar refractivity (Wildman–Crippen MR) is 43.9 cm³/mol. The van der Waals surface area contributed by atoms with Crippen molar-refractivity contribution in [2.24, 2.45) is 0 Å². The molecular weight excluding hydrogens is 152 g/mol. The van der Waals surface area contributed by atoms with Gasteiger partial charge < -0.3 is 8.23 Å². The van der Waals surface area contributed by atoms with Gasteiger partial charge in [-0.05, 0) is 6.55 Å². The summed E-state index contributed by atoms with van der Waals surface area (Å²) < 4.78 is 10.3. The summed E-state index contributed by atoms with van der Waals surface area (Å²) in [6, 6.07) is 0. The molecule has 0 spiro atoms. The van der Waals surface area contributed by atoms with Gasteiger partial charge in [-0.2, -0.15) is 0 Å². The Kier molecular flexibility index (Phi) is 5.66. The van der Waals surface area contributed by atoms with E-state index in [1.807, 2.05) is 5.70 Å². The lowest BCUT2D eigenvalue weighted by atomic mass is 11.3. The minimum absolute atomic E-state index is 0.585. The van der Waals surface area contributed by atoms with Crippen molar-refractivity contribution >= 4 is 29.5 Å². The van der Waals surface area contributed by atoms with E-state index in [1.165, 1.54) is 0 Å². The number of rotatable bonds is 4. The van der Waals surface area contributed by atoms with Crippen LogP contribution in [0.15, 0.2) is 12.3 Å². The molecule has 1 atom stereocenters. The van der Waals surface area contributed by atoms with Gasteiger partial charge in [-0.1, -0.05) is 5.70 Å². The molecule has 48 valence electrons. The van der Waals surface area contributed by atoms with Crippen LogP contribution in [0.4, 0.5) is 0 Å². The smallest absolute Gasteiger partial charge is 0.283 e. The lowest BCUT2D eigenvalue weighted by Crippen LogP contribution is -2.14. The van der Waals surface area contributed by atoms with E-state index in [4.69, 9.17) is 8.23 Å². The van der Waals surface area contributed by atoms with E-state index in [1.54, 1.807) is 0 Å². The first-order valence-electron chi connectivity index (χ1n) is 2.54. The van der Waals surface area contributed by atoms with Gasteiger partial charge in [0, 0.05) is 0 Å². The van der Waals surface area contributed by atoms with Crippen molar-refractivity contribution in [3.8, 4) is 0 Å². The van der Waals surface area contributed by atoms with Crippen LogP contribution in [0.5, 0.6) is 0 Å². The Hall–Kier alpha value is 0.311. The maximum Gasteiger partial charge on any atom is 0.283 e. The first-order chi connectivity index (χ1) is 3.81. The van der Waals surface area contributed by atoms with Gasteiger partial charge >= 0.3 is 0 Å². The summed E-state index contributed by atoms with van der Waals surface area (Å²) in [6.07, 6.45) is 0. The highest BCUT2D eigenvalue weighted by molar-refractivity contribution is 6.61. The van der Waals surface area contributed by atoms with Crippen LogP contribution in [0.2, 0.25) is 6.55 Å². The van der Waals surface area contributed by atoms with Gasteiger partial charge in [0.1, 0.15) is 10.5 Å². The van der Waals surface area contributed by atoms with Gasteiger partial charge in [-0.3, -0.25) is 0 Å². The molecule has 0 aromatic carbocycles. The Morgan fingerprint density at radius 1 is 1.88 bits per heavy atom. The Morgan fingerprint density at radius 3 is 2.88 bits per heavy atom. The lowest BCUT2D eigenvalue weighted by molar-refractivity contribution is 0.497. The van der Waals surface area contributed by atoms with Crippen LogP contribution >= 0.6 is 0 Å². The summed E-state index contributed by atoms with van der Waals surface area (Å²) in [4.78, 5) is 0. The molecule has 0 aliphatic heterocycles. The second kappa shape index (κ2) is 5.45. The van der Waals surface area contributed by atoms with Crippen LogP contribution in [0.1, 0.15) is 0 Å². The molecule has 1 unspecified atom stereocenters. The zero-order valence-corrected chi connectivity index (χ0v) is 9.95. The molecule has 0 radical (unpaired) electrons. The van der Waals surface area contributed by atoms with Crippen molar-refractivity contribution in [1.82, 2.24) is 0 Å². The molecule has 0 amide bonds. The van der Waals surface area contributed by atoms with Crippen LogP contribution in [0.25, 0.3) is 0 Å². The lowest BCUT2D eigenvalue weighted by Gasteiger charge is -2.03. The summed E-state index contributed by atoms with van der Waals surface area (Å²) in [6.45, 7) is 5.73. The predicted octanol–water partition coefficient (Wildman–Crippen LogP) is -1.62. The monoisotopic (exact) mass is 164 g/mol. The Bertz CT molecular complexity index is 67.5. The molecular formula is C3H12O2Si3. The zero-order valence-electron chi connectivity index (χ0n) is 5.39. The van der Waals surface area contributed by atoms with Crippen molar-refractivity contribution in [3.63, 3.8) is 0 Å². The Morgan fingerprint density at radius 2 is 2.50 bits per heavy atom. The highest BCUT2D eigenvalue weighted by Crippen LogP contribution is 1.82. The van der Waals surface area contributed by atoms with E-state index in [9.17, 15) is 0 Å². The average molecular weight is 164 g/mol. The first kappa shape index (κ1) is 8.31. The molecule has 0 saturated carbocycles. The molecule has 0 saturated heterocycles. The minimum atomic E-state index is -0.976. The molecule has 5 heteroatoms. The molecule has 0 rings (SSSR count). The molecule has 2 nitrogen and oxygen atoms in total. The standard InChI is InChI=1S/C3H12O2Si3/c1-3-8(2)5-7-4-6/h3,8H,1,7H2,2,6H3. The largest absolute Gasteiger partial charge is 0.449 e. The summed E-state index contributed by atoms with van der Waals surface area (Å²) in [5.41, 5.74) is 1.91. The molecule has 0 aromatic rings. The molecule has 0 bridgehead atoms. The van der Waals surface area contributed by atoms with Crippen LogP contribution < -0.4 is 0 Å². The second-order valence-corrected chi connectivity index (χ2v) is 7.27. The van der Waals surface area contributed by atoms with Crippen LogP contribution in [-0.4, -0.2) is 29.5 Å². The van der Waals surface area contributed by atoms with Crippen molar-refractivity contribution in [2.75, 3.05) is 0 Å². The summed E-state index contributed by atoms with van der Waals surface area (Å²) in [5.74, 6) is 0. The van der Waals surface area contributed by atoms with Crippen LogP contribution in [-0.2, 0) is 8.23 Å². The fourth-order valence-electron chi connectivity index (χ4n) is 0.243. The third-order valence-electron chi connectivity index (χ3n) is 0.781. The molecule has 0 fully saturated rings. The highest BCUT2D eigenvalue weighted by atomic mass is 28.4. The van der Waals surface area contributed by atoms with Gasteiger partial charge in [0.15, 0.2) is 9.04 Å². The van der Waals surface area contributed by atoms with Gasteiger partial charge in [0.25, 0.3) is 10.0 Å². The van der Waals surface area contributed by atoms with Gasteiger partial charge in [0.2, 0.25) is 0 Å². The molecule has 0 aliphatic rings. The number of hydrogen-bond acceptors (Lipinski definition) is 2. The van der Waals surface area contributed by atoms with E-state index >= 15 is 0 Å². The third-order valence-corrected chi connectivity index (χ3v) is 5.03. The molecule has 0 heterocycles. The van der Waals surface area contributed by atoms with Crippen molar-refractivity contribution in [2.45, 2.75) is 6.55 Å². The topological polar surface area (TPSA) is 18.5 Å². The maximum absolute atomic E-state index is 5.31. The van der Waals surface area contributed by atoms with E-state index in [0.717, 1.165) is 10.5 Å². The maximum atomic E-state index is 5.31. The first-order valence-corrected chi connectivity index (χ1v) is 6.80. The van der Waals surface area contributed by atoms with E-state index in [-0.39, 0.29) is 0 Å². The quantitative estimate of drug-likeness (QED) is 0.465. The fourth-order valence-corrected chi connectivity index (χ4v) is 3.42. The van der Waals surface area contributed by atoms with Gasteiger partial charge in [-0.25, -0.2) is 0 Å². The average Bonchev–Trinajstić information content (AvgIpc) is 1.83. The summed E-state index contributed by atoms with van der Waals surface area (Å²) in [7, 11) is -0.739. The second-order valence-electron chi connectivity index (χ2n) is 1.51. The molecule has 0 aromatic heterocycles. The van der Waals surface area contributed by atoms with Crippen molar-refractivity contribution in [3.05, 3.63) is 12.3 Å². The molecule has 0 aliphatic carbocycles. The highest BCUT2D eigenvalue weighted by Gasteiger charge is 1.94. The summed E-state index contributed by atoms with van der Waals surface area (Å²) in [5, 5.41) is 0. The third kappa shape index (κ3) is 4.47. The fraction of sp³-hybridized carbons (Fsp3) is 0.333. The van der Waals surface area contributed by atoms with E-state index < -0.39 is 19.0 Å².